The minimum Gasteiger partial charge on any atom is -0.357 e. The number of guanidine groups is 1. The molecule has 1 spiro atoms. The van der Waals surface area contributed by atoms with Crippen LogP contribution in [0.5, 0.6) is 0 Å². The van der Waals surface area contributed by atoms with E-state index in [0.29, 0.717) is 6.42 Å². The van der Waals surface area contributed by atoms with Gasteiger partial charge in [-0.1, -0.05) is 0 Å². The van der Waals surface area contributed by atoms with Crippen LogP contribution in [0.2, 0.25) is 0 Å². The molecule has 1 atom stereocenters. The lowest BCUT2D eigenvalue weighted by atomic mass is 9.79. The summed E-state index contributed by atoms with van der Waals surface area (Å²) in [7, 11) is 1.99. The maximum Gasteiger partial charge on any atom is 0.220 e. The van der Waals surface area contributed by atoms with E-state index >= 15 is 0 Å². The Labute approximate surface area is 179 Å². The van der Waals surface area contributed by atoms with Gasteiger partial charge in [0.25, 0.3) is 0 Å². The zero-order valence-electron chi connectivity index (χ0n) is 17.0. The third-order valence-electron chi connectivity index (χ3n) is 5.77. The standard InChI is InChI=1S/C19H32N6O.HI/c1-5-20-18(21-9-7-16-14(2)23-24(4)15(16)3)25-10-6-8-19(13-25)11-17(26)22-12-19;/h5-13H2,1-4H3,(H,20,21)(H,22,26);1H. The summed E-state index contributed by atoms with van der Waals surface area (Å²) in [5.41, 5.74) is 3.70. The maximum atomic E-state index is 11.7. The van der Waals surface area contributed by atoms with Crippen LogP contribution in [0.1, 0.15) is 43.1 Å². The highest BCUT2D eigenvalue weighted by Crippen LogP contribution is 2.36. The summed E-state index contributed by atoms with van der Waals surface area (Å²) < 4.78 is 1.94. The number of rotatable bonds is 4. The first-order chi connectivity index (χ1) is 12.4. The molecule has 0 saturated carbocycles. The Kier molecular flexibility index (Phi) is 7.53. The highest BCUT2D eigenvalue weighted by molar-refractivity contribution is 14.0. The zero-order valence-corrected chi connectivity index (χ0v) is 19.3. The molecule has 0 radical (unpaired) electrons. The molecule has 2 saturated heterocycles. The van der Waals surface area contributed by atoms with Crippen LogP contribution < -0.4 is 10.6 Å². The molecule has 2 aliphatic rings. The molecule has 2 fully saturated rings. The van der Waals surface area contributed by atoms with Crippen molar-refractivity contribution in [1.82, 2.24) is 25.3 Å². The van der Waals surface area contributed by atoms with Crippen molar-refractivity contribution in [3.05, 3.63) is 17.0 Å². The number of carbonyl (C=O) groups is 1. The normalized spacial score (nSPS) is 22.7. The molecule has 1 unspecified atom stereocenters. The summed E-state index contributed by atoms with van der Waals surface area (Å²) in [5.74, 6) is 1.17. The Morgan fingerprint density at radius 2 is 2.19 bits per heavy atom. The zero-order chi connectivity index (χ0) is 18.7. The average molecular weight is 488 g/mol. The molecule has 1 amide bonds. The number of hydrogen-bond acceptors (Lipinski definition) is 3. The largest absolute Gasteiger partial charge is 0.357 e. The van der Waals surface area contributed by atoms with Crippen molar-refractivity contribution in [3.8, 4) is 0 Å². The second kappa shape index (κ2) is 9.25. The summed E-state index contributed by atoms with van der Waals surface area (Å²) in [6.45, 7) is 10.6. The van der Waals surface area contributed by atoms with Crippen molar-refractivity contribution in [2.75, 3.05) is 32.7 Å². The van der Waals surface area contributed by atoms with Gasteiger partial charge in [0.05, 0.1) is 5.69 Å². The first kappa shape index (κ1) is 22.0. The van der Waals surface area contributed by atoms with E-state index in [9.17, 15) is 4.79 Å². The number of aromatic nitrogens is 2. The predicted molar refractivity (Wildman–Crippen MR) is 119 cm³/mol. The van der Waals surface area contributed by atoms with Crippen molar-refractivity contribution < 1.29 is 4.79 Å². The van der Waals surface area contributed by atoms with Crippen molar-refractivity contribution in [3.63, 3.8) is 0 Å². The fraction of sp³-hybridized carbons (Fsp3) is 0.737. The molecule has 7 nitrogen and oxygen atoms in total. The molecule has 0 aromatic carbocycles. The van der Waals surface area contributed by atoms with Gasteiger partial charge in [-0.25, -0.2) is 0 Å². The van der Waals surface area contributed by atoms with Crippen LogP contribution in [0, 0.1) is 19.3 Å². The molecule has 2 aliphatic heterocycles. The second-order valence-electron chi connectivity index (χ2n) is 7.74. The van der Waals surface area contributed by atoms with E-state index in [0.717, 1.165) is 63.6 Å². The van der Waals surface area contributed by atoms with E-state index in [2.05, 4.69) is 41.4 Å². The molecular weight excluding hydrogens is 455 g/mol. The topological polar surface area (TPSA) is 74.6 Å². The van der Waals surface area contributed by atoms with Crippen LogP contribution >= 0.6 is 24.0 Å². The van der Waals surface area contributed by atoms with E-state index in [4.69, 9.17) is 4.99 Å². The number of carbonyl (C=O) groups excluding carboxylic acids is 1. The highest BCUT2D eigenvalue weighted by Gasteiger charge is 2.42. The van der Waals surface area contributed by atoms with E-state index in [1.807, 2.05) is 11.7 Å². The SMILES string of the molecule is CCNC(=NCCc1c(C)nn(C)c1C)N1CCCC2(CNC(=O)C2)C1.I. The second-order valence-corrected chi connectivity index (χ2v) is 7.74. The highest BCUT2D eigenvalue weighted by atomic mass is 127. The number of likely N-dealkylation sites (tertiary alicyclic amines) is 1. The fourth-order valence-electron chi connectivity index (χ4n) is 4.31. The molecule has 3 heterocycles. The van der Waals surface area contributed by atoms with Crippen LogP contribution in [0.3, 0.4) is 0 Å². The molecule has 1 aromatic heterocycles. The van der Waals surface area contributed by atoms with Gasteiger partial charge in [0.1, 0.15) is 0 Å². The molecule has 0 bridgehead atoms. The number of amides is 1. The summed E-state index contributed by atoms with van der Waals surface area (Å²) >= 11 is 0. The van der Waals surface area contributed by atoms with Gasteiger partial charge in [-0.3, -0.25) is 14.5 Å². The monoisotopic (exact) mass is 488 g/mol. The van der Waals surface area contributed by atoms with Gasteiger partial charge in [0.2, 0.25) is 5.91 Å². The number of piperidine rings is 1. The molecule has 8 heteroatoms. The Balaban J connectivity index is 0.00000261. The number of nitrogens with one attached hydrogen (secondary N) is 2. The van der Waals surface area contributed by atoms with Crippen LogP contribution in [-0.4, -0.2) is 59.3 Å². The van der Waals surface area contributed by atoms with Crippen molar-refractivity contribution in [2.24, 2.45) is 17.5 Å². The fourth-order valence-corrected chi connectivity index (χ4v) is 4.31. The van der Waals surface area contributed by atoms with Crippen molar-refractivity contribution >= 4 is 35.8 Å². The third-order valence-corrected chi connectivity index (χ3v) is 5.77. The number of halogens is 1. The summed E-state index contributed by atoms with van der Waals surface area (Å²) in [6, 6.07) is 0. The first-order valence-corrected chi connectivity index (χ1v) is 9.73. The van der Waals surface area contributed by atoms with E-state index < -0.39 is 0 Å². The van der Waals surface area contributed by atoms with Gasteiger partial charge in [-0.05, 0) is 45.6 Å². The quantitative estimate of drug-likeness (QED) is 0.385. The lowest BCUT2D eigenvalue weighted by molar-refractivity contribution is -0.119. The number of aryl methyl sites for hydroxylation is 2. The molecule has 152 valence electrons. The van der Waals surface area contributed by atoms with Gasteiger partial charge in [-0.15, -0.1) is 24.0 Å². The number of aliphatic imine (C=N–C) groups is 1. The Morgan fingerprint density at radius 3 is 2.78 bits per heavy atom. The molecule has 2 N–H and O–H groups in total. The van der Waals surface area contributed by atoms with E-state index in [-0.39, 0.29) is 35.3 Å². The lowest BCUT2D eigenvalue weighted by Crippen LogP contribution is -2.51. The lowest BCUT2D eigenvalue weighted by Gasteiger charge is -2.40. The van der Waals surface area contributed by atoms with Crippen LogP contribution in [0.4, 0.5) is 0 Å². The van der Waals surface area contributed by atoms with Crippen LogP contribution in [0.25, 0.3) is 0 Å². The van der Waals surface area contributed by atoms with Gasteiger partial charge in [0, 0.05) is 57.3 Å². The summed E-state index contributed by atoms with van der Waals surface area (Å²) in [4.78, 5) is 19.0. The smallest absolute Gasteiger partial charge is 0.220 e. The first-order valence-electron chi connectivity index (χ1n) is 9.73. The summed E-state index contributed by atoms with van der Waals surface area (Å²) in [6.07, 6.45) is 3.78. The van der Waals surface area contributed by atoms with Gasteiger partial charge in [0.15, 0.2) is 5.96 Å². The van der Waals surface area contributed by atoms with Gasteiger partial charge >= 0.3 is 0 Å². The van der Waals surface area contributed by atoms with Gasteiger partial charge in [-0.2, -0.15) is 5.10 Å². The van der Waals surface area contributed by atoms with E-state index in [1.54, 1.807) is 0 Å². The predicted octanol–water partition coefficient (Wildman–Crippen LogP) is 1.77. The minimum absolute atomic E-state index is 0. The molecule has 1 aromatic rings. The Morgan fingerprint density at radius 1 is 1.41 bits per heavy atom. The van der Waals surface area contributed by atoms with Crippen molar-refractivity contribution in [2.45, 2.75) is 46.5 Å². The maximum absolute atomic E-state index is 11.7. The average Bonchev–Trinajstić information content (AvgIpc) is 3.07. The van der Waals surface area contributed by atoms with Gasteiger partial charge < -0.3 is 15.5 Å². The summed E-state index contributed by atoms with van der Waals surface area (Å²) in [5, 5.41) is 10.9. The molecule has 3 rings (SSSR count). The van der Waals surface area contributed by atoms with E-state index in [1.165, 1.54) is 11.3 Å². The minimum atomic E-state index is 0. The number of nitrogens with zero attached hydrogens (tertiary/aromatic N) is 4. The molecule has 0 aliphatic carbocycles. The van der Waals surface area contributed by atoms with Crippen LogP contribution in [-0.2, 0) is 18.3 Å². The third kappa shape index (κ3) is 4.94. The van der Waals surface area contributed by atoms with Crippen molar-refractivity contribution in [1.29, 1.82) is 0 Å². The number of hydrogen-bond donors (Lipinski definition) is 2. The Hall–Kier alpha value is -1.32. The molecule has 27 heavy (non-hydrogen) atoms. The Bertz CT molecular complexity index is 701. The van der Waals surface area contributed by atoms with Crippen LogP contribution in [0.15, 0.2) is 4.99 Å². The molecular formula is C19H33IN6O.